The van der Waals surface area contributed by atoms with Crippen molar-refractivity contribution in [3.63, 3.8) is 0 Å². The third-order valence-corrected chi connectivity index (χ3v) is 5.93. The van der Waals surface area contributed by atoms with Gasteiger partial charge in [0.05, 0.1) is 37.7 Å². The molecule has 7 nitrogen and oxygen atoms in total. The first-order valence-electron chi connectivity index (χ1n) is 10.1. The summed E-state index contributed by atoms with van der Waals surface area (Å²) in [5, 5.41) is 0. The number of imidazole rings is 1. The summed E-state index contributed by atoms with van der Waals surface area (Å²) in [5.41, 5.74) is 3.34. The quantitative estimate of drug-likeness (QED) is 0.682. The molecule has 2 aliphatic heterocycles. The van der Waals surface area contributed by atoms with Gasteiger partial charge in [0.1, 0.15) is 5.52 Å². The largest absolute Gasteiger partial charge is 0.379 e. The molecule has 0 unspecified atom stereocenters. The predicted octanol–water partition coefficient (Wildman–Crippen LogP) is 1.88. The van der Waals surface area contributed by atoms with Crippen molar-refractivity contribution in [2.24, 2.45) is 5.92 Å². The third-order valence-electron chi connectivity index (χ3n) is 5.93. The van der Waals surface area contributed by atoms with Gasteiger partial charge in [0.25, 0.3) is 5.91 Å². The molecule has 5 rings (SSSR count). The van der Waals surface area contributed by atoms with Crippen molar-refractivity contribution in [3.05, 3.63) is 60.0 Å². The number of aromatic nitrogens is 3. The van der Waals surface area contributed by atoms with Gasteiger partial charge in [-0.25, -0.2) is 9.97 Å². The Morgan fingerprint density at radius 1 is 1.14 bits per heavy atom. The predicted molar refractivity (Wildman–Crippen MR) is 110 cm³/mol. The lowest BCUT2D eigenvalue weighted by Gasteiger charge is -2.29. The molecule has 0 radical (unpaired) electrons. The van der Waals surface area contributed by atoms with Gasteiger partial charge in [0.2, 0.25) is 0 Å². The van der Waals surface area contributed by atoms with Crippen molar-refractivity contribution in [2.45, 2.75) is 12.6 Å². The molecule has 2 aromatic heterocycles. The zero-order valence-corrected chi connectivity index (χ0v) is 16.6. The highest BCUT2D eigenvalue weighted by molar-refractivity contribution is 5.96. The van der Waals surface area contributed by atoms with Gasteiger partial charge in [-0.15, -0.1) is 0 Å². The van der Waals surface area contributed by atoms with Crippen LogP contribution in [0, 0.1) is 5.92 Å². The first-order valence-corrected chi connectivity index (χ1v) is 10.1. The molecule has 29 heavy (non-hydrogen) atoms. The minimum Gasteiger partial charge on any atom is -0.379 e. The number of pyridine rings is 1. The van der Waals surface area contributed by atoms with Crippen molar-refractivity contribution >= 4 is 17.1 Å². The smallest absolute Gasteiger partial charge is 0.255 e. The van der Waals surface area contributed by atoms with Gasteiger partial charge < -0.3 is 14.2 Å². The molecule has 3 aromatic rings. The Hall–Kier alpha value is -2.77. The van der Waals surface area contributed by atoms with Crippen LogP contribution in [0.25, 0.3) is 11.2 Å². The van der Waals surface area contributed by atoms with E-state index in [4.69, 9.17) is 4.74 Å². The van der Waals surface area contributed by atoms with Crippen molar-refractivity contribution < 1.29 is 9.53 Å². The van der Waals surface area contributed by atoms with Gasteiger partial charge >= 0.3 is 0 Å². The number of carbonyl (C=O) groups excluding carboxylic acids is 1. The summed E-state index contributed by atoms with van der Waals surface area (Å²) in [5.74, 6) is 0.377. The third kappa shape index (κ3) is 3.63. The minimum atomic E-state index is 0.0317. The van der Waals surface area contributed by atoms with Crippen LogP contribution in [-0.2, 0) is 11.3 Å². The highest BCUT2D eigenvalue weighted by Crippen LogP contribution is 2.21. The lowest BCUT2D eigenvalue weighted by Crippen LogP contribution is -2.44. The Kier molecular flexibility index (Phi) is 4.77. The Morgan fingerprint density at radius 2 is 2.00 bits per heavy atom. The van der Waals surface area contributed by atoms with Crippen LogP contribution in [0.3, 0.4) is 0 Å². The van der Waals surface area contributed by atoms with E-state index >= 15 is 0 Å². The van der Waals surface area contributed by atoms with Crippen molar-refractivity contribution in [1.82, 2.24) is 24.3 Å². The highest BCUT2D eigenvalue weighted by atomic mass is 16.5. The molecule has 0 aliphatic carbocycles. The maximum Gasteiger partial charge on any atom is 0.255 e. The lowest BCUT2D eigenvalue weighted by molar-refractivity contribution is 0.0433. The number of amides is 1. The van der Waals surface area contributed by atoms with Crippen molar-refractivity contribution in [3.8, 4) is 0 Å². The number of carbonyl (C=O) groups is 1. The van der Waals surface area contributed by atoms with Crippen LogP contribution in [-0.4, -0.2) is 76.2 Å². The number of fused-ring (bicyclic) bond motifs is 4. The van der Waals surface area contributed by atoms with E-state index in [1.54, 1.807) is 12.5 Å². The van der Waals surface area contributed by atoms with E-state index in [0.29, 0.717) is 37.8 Å². The van der Waals surface area contributed by atoms with Crippen LogP contribution in [0.5, 0.6) is 0 Å². The number of ether oxygens (including phenoxy) is 1. The average Bonchev–Trinajstić information content (AvgIpc) is 2.93. The van der Waals surface area contributed by atoms with Gasteiger partial charge in [-0.05, 0) is 18.7 Å². The van der Waals surface area contributed by atoms with E-state index in [0.717, 1.165) is 24.3 Å². The Bertz CT molecular complexity index is 1020. The Morgan fingerprint density at radius 3 is 2.86 bits per heavy atom. The first kappa shape index (κ1) is 18.3. The lowest BCUT2D eigenvalue weighted by atomic mass is 10.1. The van der Waals surface area contributed by atoms with Crippen molar-refractivity contribution in [1.29, 1.82) is 0 Å². The molecular formula is C22H25N5O2. The molecule has 0 N–H and O–H groups in total. The summed E-state index contributed by atoms with van der Waals surface area (Å²) in [6.45, 7) is 4.48. The van der Waals surface area contributed by atoms with E-state index in [-0.39, 0.29) is 11.9 Å². The second kappa shape index (κ2) is 7.57. The van der Waals surface area contributed by atoms with E-state index in [9.17, 15) is 4.79 Å². The fourth-order valence-corrected chi connectivity index (χ4v) is 4.36. The number of rotatable bonds is 3. The normalized spacial score (nSPS) is 22.6. The van der Waals surface area contributed by atoms with Crippen LogP contribution in [0.15, 0.2) is 48.9 Å². The summed E-state index contributed by atoms with van der Waals surface area (Å²) >= 11 is 0. The van der Waals surface area contributed by atoms with Crippen LogP contribution in [0.2, 0.25) is 0 Å². The van der Waals surface area contributed by atoms with Crippen LogP contribution >= 0.6 is 0 Å². The molecular weight excluding hydrogens is 366 g/mol. The Labute approximate surface area is 169 Å². The molecule has 4 heterocycles. The molecule has 150 valence electrons. The fourth-order valence-electron chi connectivity index (χ4n) is 4.36. The number of benzene rings is 1. The summed E-state index contributed by atoms with van der Waals surface area (Å²) in [4.78, 5) is 26.6. The zero-order valence-electron chi connectivity index (χ0n) is 16.6. The highest BCUT2D eigenvalue weighted by Gasteiger charge is 2.33. The standard InChI is InChI=1S/C22H25N5O2/c1-25-9-17-11-26(12-19(25)14-29-13-17)22(28)18-7-20-21(23-8-18)27(15-24-20)10-16-5-3-2-4-6-16/h2-8,15,17,19H,9-14H2,1H3/t17-,19+/m1/s1. The Balaban J connectivity index is 1.38. The van der Waals surface area contributed by atoms with Gasteiger partial charge in [-0.3, -0.25) is 9.69 Å². The van der Waals surface area contributed by atoms with Gasteiger partial charge in [0, 0.05) is 31.7 Å². The van der Waals surface area contributed by atoms with Crippen molar-refractivity contribution in [2.75, 3.05) is 39.9 Å². The second-order valence-electron chi connectivity index (χ2n) is 8.13. The van der Waals surface area contributed by atoms with Gasteiger partial charge in [-0.1, -0.05) is 30.3 Å². The summed E-state index contributed by atoms with van der Waals surface area (Å²) in [6.07, 6.45) is 3.48. The molecule has 1 amide bonds. The fraction of sp³-hybridized carbons (Fsp3) is 0.409. The first-order chi connectivity index (χ1) is 14.2. The minimum absolute atomic E-state index is 0.0317. The molecule has 7 heteroatoms. The van der Waals surface area contributed by atoms with E-state index < -0.39 is 0 Å². The number of nitrogens with zero attached hydrogens (tertiary/aromatic N) is 5. The molecule has 2 saturated heterocycles. The monoisotopic (exact) mass is 391 g/mol. The van der Waals surface area contributed by atoms with Crippen LogP contribution in [0.4, 0.5) is 0 Å². The summed E-state index contributed by atoms with van der Waals surface area (Å²) in [7, 11) is 2.12. The van der Waals surface area contributed by atoms with E-state index in [1.165, 1.54) is 5.56 Å². The molecule has 0 saturated carbocycles. The SMILES string of the molecule is CN1C[C@H]2COC[C@@H]1CN(C(=O)c1cnc3c(c1)ncn3Cc1ccccc1)C2. The molecule has 2 bridgehead atoms. The summed E-state index contributed by atoms with van der Waals surface area (Å²) in [6, 6.07) is 12.3. The van der Waals surface area contributed by atoms with E-state index in [1.807, 2.05) is 33.7 Å². The van der Waals surface area contributed by atoms with Crippen LogP contribution < -0.4 is 0 Å². The van der Waals surface area contributed by atoms with E-state index in [2.05, 4.69) is 34.0 Å². The maximum atomic E-state index is 13.2. The molecule has 2 atom stereocenters. The summed E-state index contributed by atoms with van der Waals surface area (Å²) < 4.78 is 7.79. The molecule has 1 aromatic carbocycles. The zero-order chi connectivity index (χ0) is 19.8. The maximum absolute atomic E-state index is 13.2. The van der Waals surface area contributed by atoms with Gasteiger partial charge in [0.15, 0.2) is 5.65 Å². The molecule has 0 spiro atoms. The average molecular weight is 391 g/mol. The second-order valence-corrected chi connectivity index (χ2v) is 8.13. The van der Waals surface area contributed by atoms with Gasteiger partial charge in [-0.2, -0.15) is 0 Å². The number of hydrogen-bond donors (Lipinski definition) is 0. The topological polar surface area (TPSA) is 63.5 Å². The number of hydrogen-bond acceptors (Lipinski definition) is 5. The number of likely N-dealkylation sites (N-methyl/N-ethyl adjacent to an activating group) is 1. The molecule has 2 fully saturated rings. The van der Waals surface area contributed by atoms with Crippen LogP contribution in [0.1, 0.15) is 15.9 Å². The molecule has 2 aliphatic rings.